The first kappa shape index (κ1) is 16.4. The van der Waals surface area contributed by atoms with Crippen LogP contribution in [-0.4, -0.2) is 27.6 Å². The number of aromatic nitrogens is 2. The largest absolute Gasteiger partial charge is 0.374 e. The Balaban J connectivity index is 1.32. The van der Waals surface area contributed by atoms with Crippen molar-refractivity contribution >= 4 is 5.69 Å². The molecule has 3 aliphatic rings. The van der Waals surface area contributed by atoms with Crippen LogP contribution in [0.3, 0.4) is 0 Å². The Bertz CT molecular complexity index is 1050. The average molecular weight is 371 g/mol. The van der Waals surface area contributed by atoms with Crippen molar-refractivity contribution in [1.82, 2.24) is 10.2 Å². The molecule has 4 unspecified atom stereocenters. The van der Waals surface area contributed by atoms with Crippen molar-refractivity contribution in [2.24, 2.45) is 5.41 Å². The Morgan fingerprint density at radius 3 is 2.64 bits per heavy atom. The lowest BCUT2D eigenvalue weighted by molar-refractivity contribution is 0.110. The van der Waals surface area contributed by atoms with Gasteiger partial charge in [0.15, 0.2) is 0 Å². The number of aliphatic hydroxyl groups is 1. The molecule has 2 heterocycles. The second kappa shape index (κ2) is 5.48. The molecular weight excluding hydrogens is 346 g/mol. The second-order valence-corrected chi connectivity index (χ2v) is 8.86. The van der Waals surface area contributed by atoms with Crippen LogP contribution < -0.4 is 4.90 Å². The zero-order valence-electron chi connectivity index (χ0n) is 16.3. The van der Waals surface area contributed by atoms with Crippen LogP contribution in [0.15, 0.2) is 48.5 Å². The fraction of sp³-hybridized carbons (Fsp3) is 0.375. The maximum absolute atomic E-state index is 11.0. The quantitative estimate of drug-likeness (QED) is 0.705. The van der Waals surface area contributed by atoms with Crippen molar-refractivity contribution in [2.45, 2.75) is 51.3 Å². The maximum atomic E-state index is 11.0. The molecule has 0 bridgehead atoms. The highest BCUT2D eigenvalue weighted by Crippen LogP contribution is 2.69. The fourth-order valence-electron chi connectivity index (χ4n) is 6.09. The molecule has 6 rings (SSSR count). The van der Waals surface area contributed by atoms with Crippen molar-refractivity contribution in [3.63, 3.8) is 0 Å². The van der Waals surface area contributed by atoms with Gasteiger partial charge in [0, 0.05) is 28.4 Å². The van der Waals surface area contributed by atoms with Gasteiger partial charge in [-0.2, -0.15) is 5.10 Å². The molecule has 2 fully saturated rings. The Labute approximate surface area is 165 Å². The van der Waals surface area contributed by atoms with E-state index in [-0.39, 0.29) is 0 Å². The number of aromatic amines is 1. The molecular formula is C24H25N3O. The molecule has 1 aromatic heterocycles. The van der Waals surface area contributed by atoms with E-state index in [2.05, 4.69) is 70.6 Å². The van der Waals surface area contributed by atoms with Crippen LogP contribution >= 0.6 is 0 Å². The molecule has 142 valence electrons. The van der Waals surface area contributed by atoms with Gasteiger partial charge in [-0.1, -0.05) is 36.4 Å². The molecule has 2 aromatic carbocycles. The molecule has 4 heteroatoms. The van der Waals surface area contributed by atoms with Crippen LogP contribution in [-0.2, 0) is 6.42 Å². The molecule has 4 atom stereocenters. The highest BCUT2D eigenvalue weighted by Gasteiger charge is 2.68. The first-order valence-electron chi connectivity index (χ1n) is 10.2. The summed E-state index contributed by atoms with van der Waals surface area (Å²) in [5.74, 6) is 0.510. The number of fused-ring (bicyclic) bond motifs is 2. The van der Waals surface area contributed by atoms with Gasteiger partial charge < -0.3 is 10.0 Å². The van der Waals surface area contributed by atoms with E-state index in [1.54, 1.807) is 0 Å². The van der Waals surface area contributed by atoms with Gasteiger partial charge in [-0.05, 0) is 67.9 Å². The number of nitrogens with one attached hydrogen (secondary N) is 1. The van der Waals surface area contributed by atoms with Gasteiger partial charge in [0.25, 0.3) is 0 Å². The maximum Gasteiger partial charge on any atom is 0.127 e. The summed E-state index contributed by atoms with van der Waals surface area (Å²) < 4.78 is 0. The van der Waals surface area contributed by atoms with E-state index in [0.717, 1.165) is 29.9 Å². The molecule has 0 amide bonds. The molecule has 0 radical (unpaired) electrons. The van der Waals surface area contributed by atoms with Crippen LogP contribution in [0.25, 0.3) is 11.1 Å². The van der Waals surface area contributed by atoms with Gasteiger partial charge in [-0.15, -0.1) is 0 Å². The molecule has 4 nitrogen and oxygen atoms in total. The average Bonchev–Trinajstić information content (AvgIpc) is 3.18. The molecule has 3 aromatic rings. The number of hydrogen-bond donors (Lipinski definition) is 2. The number of anilines is 1. The minimum Gasteiger partial charge on any atom is -0.374 e. The van der Waals surface area contributed by atoms with E-state index in [9.17, 15) is 5.11 Å². The van der Waals surface area contributed by atoms with Gasteiger partial charge in [-0.3, -0.25) is 5.10 Å². The van der Waals surface area contributed by atoms with Crippen molar-refractivity contribution in [3.8, 4) is 11.1 Å². The lowest BCUT2D eigenvalue weighted by atomic mass is 9.82. The number of H-pyrrole nitrogens is 1. The van der Waals surface area contributed by atoms with Crippen LogP contribution in [0.5, 0.6) is 0 Å². The third-order valence-electron chi connectivity index (χ3n) is 7.41. The summed E-state index contributed by atoms with van der Waals surface area (Å²) in [4.78, 5) is 2.28. The summed E-state index contributed by atoms with van der Waals surface area (Å²) in [6.07, 6.45) is 2.76. The first-order chi connectivity index (χ1) is 13.6. The molecule has 2 aliphatic carbocycles. The van der Waals surface area contributed by atoms with Gasteiger partial charge in [-0.25, -0.2) is 0 Å². The van der Waals surface area contributed by atoms with Crippen LogP contribution in [0.4, 0.5) is 5.69 Å². The molecule has 1 spiro atoms. The number of nitrogens with zero attached hydrogens (tertiary/aromatic N) is 2. The van der Waals surface area contributed by atoms with Gasteiger partial charge in [0.05, 0.1) is 5.69 Å². The van der Waals surface area contributed by atoms with Crippen molar-refractivity contribution in [1.29, 1.82) is 0 Å². The van der Waals surface area contributed by atoms with Crippen LogP contribution in [0, 0.1) is 19.3 Å². The summed E-state index contributed by atoms with van der Waals surface area (Å²) in [6.45, 7) is 4.09. The highest BCUT2D eigenvalue weighted by molar-refractivity contribution is 5.71. The fourth-order valence-corrected chi connectivity index (χ4v) is 6.09. The Kier molecular flexibility index (Phi) is 3.20. The Hall–Kier alpha value is -2.59. The van der Waals surface area contributed by atoms with Crippen LogP contribution in [0.1, 0.15) is 41.3 Å². The molecule has 1 aliphatic heterocycles. The number of piperidine rings is 1. The minimum atomic E-state index is -0.417. The summed E-state index contributed by atoms with van der Waals surface area (Å²) in [6, 6.07) is 17.9. The summed E-state index contributed by atoms with van der Waals surface area (Å²) >= 11 is 0. The second-order valence-electron chi connectivity index (χ2n) is 8.86. The SMILES string of the molecule is Cc1n[nH]c(C)c1-c1ccc(N2C(O)CC3c4ccccc4CC34CC24)cc1. The topological polar surface area (TPSA) is 52.2 Å². The van der Waals surface area contributed by atoms with E-state index in [1.807, 2.05) is 6.92 Å². The molecule has 28 heavy (non-hydrogen) atoms. The van der Waals surface area contributed by atoms with E-state index < -0.39 is 6.23 Å². The Morgan fingerprint density at radius 1 is 1.11 bits per heavy atom. The van der Waals surface area contributed by atoms with E-state index in [0.29, 0.717) is 17.4 Å². The Morgan fingerprint density at radius 2 is 1.89 bits per heavy atom. The third-order valence-corrected chi connectivity index (χ3v) is 7.41. The molecule has 1 saturated carbocycles. The van der Waals surface area contributed by atoms with E-state index in [4.69, 9.17) is 0 Å². The van der Waals surface area contributed by atoms with Crippen LogP contribution in [0.2, 0.25) is 0 Å². The number of aliphatic hydroxyl groups excluding tert-OH is 1. The number of benzene rings is 2. The minimum absolute atomic E-state index is 0.333. The smallest absolute Gasteiger partial charge is 0.127 e. The lowest BCUT2D eigenvalue weighted by Gasteiger charge is -2.40. The van der Waals surface area contributed by atoms with Gasteiger partial charge >= 0.3 is 0 Å². The standard InChI is InChI=1S/C24H25N3O/c1-14-23(15(2)26-25-14)16-7-9-18(10-8-16)27-21-13-24(21)12-17-5-3-4-6-19(17)20(24)11-22(27)28/h3-10,20-22,28H,11-13H2,1-2H3,(H,25,26). The zero-order chi connectivity index (χ0) is 19.0. The normalized spacial score (nSPS) is 30.0. The highest BCUT2D eigenvalue weighted by atomic mass is 16.3. The summed E-state index contributed by atoms with van der Waals surface area (Å²) in [5, 5.41) is 18.4. The summed E-state index contributed by atoms with van der Waals surface area (Å²) in [7, 11) is 0. The van der Waals surface area contributed by atoms with Crippen molar-refractivity contribution < 1.29 is 5.11 Å². The zero-order valence-corrected chi connectivity index (χ0v) is 16.3. The molecule has 2 N–H and O–H groups in total. The number of aryl methyl sites for hydroxylation is 2. The number of hydrogen-bond acceptors (Lipinski definition) is 3. The predicted octanol–water partition coefficient (Wildman–Crippen LogP) is 4.32. The van der Waals surface area contributed by atoms with Crippen molar-refractivity contribution in [2.75, 3.05) is 4.90 Å². The summed E-state index contributed by atoms with van der Waals surface area (Å²) in [5.41, 5.74) is 8.91. The van der Waals surface area contributed by atoms with Gasteiger partial charge in [0.1, 0.15) is 6.23 Å². The van der Waals surface area contributed by atoms with E-state index >= 15 is 0 Å². The monoisotopic (exact) mass is 371 g/mol. The molecule has 1 saturated heterocycles. The van der Waals surface area contributed by atoms with E-state index in [1.165, 1.54) is 28.7 Å². The first-order valence-corrected chi connectivity index (χ1v) is 10.2. The predicted molar refractivity (Wildman–Crippen MR) is 110 cm³/mol. The van der Waals surface area contributed by atoms with Gasteiger partial charge in [0.2, 0.25) is 0 Å². The number of rotatable bonds is 2. The third kappa shape index (κ3) is 2.07. The lowest BCUT2D eigenvalue weighted by Crippen LogP contribution is -2.46. The van der Waals surface area contributed by atoms with Crippen molar-refractivity contribution in [3.05, 3.63) is 71.0 Å².